The van der Waals surface area contributed by atoms with Crippen molar-refractivity contribution in [3.63, 3.8) is 0 Å². The lowest BCUT2D eigenvalue weighted by Gasteiger charge is -2.03. The fourth-order valence-corrected chi connectivity index (χ4v) is 3.38. The minimum atomic E-state index is -3.95. The molecule has 0 aliphatic heterocycles. The predicted octanol–water partition coefficient (Wildman–Crippen LogP) is 1.82. The number of halogens is 1. The quantitative estimate of drug-likeness (QED) is 0.677. The molecule has 0 aromatic carbocycles. The van der Waals surface area contributed by atoms with Crippen molar-refractivity contribution in [2.45, 2.75) is 11.1 Å². The van der Waals surface area contributed by atoms with Crippen LogP contribution < -0.4 is 5.48 Å². The number of hydroxylamine groups is 1. The Morgan fingerprint density at radius 1 is 1.56 bits per heavy atom. The molecule has 1 heterocycles. The first-order chi connectivity index (χ1) is 7.33. The Morgan fingerprint density at radius 3 is 2.62 bits per heavy atom. The molecule has 1 aromatic heterocycles. The second-order valence-corrected chi connectivity index (χ2v) is 7.04. The van der Waals surface area contributed by atoms with Crippen LogP contribution in [0.3, 0.4) is 0 Å². The van der Waals surface area contributed by atoms with Gasteiger partial charge in [0, 0.05) is 5.57 Å². The lowest BCUT2D eigenvalue weighted by atomic mass is 10.3. The Hall–Kier alpha value is -0.700. The third-order valence-electron chi connectivity index (χ3n) is 1.43. The number of hydrogen-bond acceptors (Lipinski definition) is 5. The van der Waals surface area contributed by atoms with Crippen molar-refractivity contribution in [3.8, 4) is 0 Å². The van der Waals surface area contributed by atoms with Crippen molar-refractivity contribution in [1.82, 2.24) is 5.48 Å². The number of hydrogen-bond donors (Lipinski definition) is 1. The molecule has 88 valence electrons. The molecule has 0 saturated heterocycles. The van der Waals surface area contributed by atoms with E-state index in [-0.39, 0.29) is 9.78 Å². The summed E-state index contributed by atoms with van der Waals surface area (Å²) in [5.74, 6) is -0.681. The summed E-state index contributed by atoms with van der Waals surface area (Å²) in [6.45, 7) is 4.78. The zero-order chi connectivity index (χ0) is 12.3. The molecule has 1 aromatic rings. The van der Waals surface area contributed by atoms with E-state index in [1.54, 1.807) is 11.5 Å². The van der Waals surface area contributed by atoms with E-state index < -0.39 is 16.0 Å². The van der Waals surface area contributed by atoms with E-state index in [9.17, 15) is 13.2 Å². The molecule has 1 N–H and O–H groups in total. The fourth-order valence-electron chi connectivity index (χ4n) is 0.653. The molecular weight excluding hydrogens is 318 g/mol. The van der Waals surface area contributed by atoms with Gasteiger partial charge in [-0.15, -0.1) is 15.6 Å². The van der Waals surface area contributed by atoms with Gasteiger partial charge < -0.3 is 0 Å². The normalized spacial score (nSPS) is 11.1. The summed E-state index contributed by atoms with van der Waals surface area (Å²) in [6.07, 6.45) is 0. The average molecular weight is 326 g/mol. The van der Waals surface area contributed by atoms with Gasteiger partial charge in [-0.05, 0) is 35.0 Å². The maximum atomic E-state index is 11.5. The number of thiophene rings is 1. The molecule has 0 saturated carbocycles. The van der Waals surface area contributed by atoms with E-state index in [4.69, 9.17) is 0 Å². The minimum Gasteiger partial charge on any atom is -0.267 e. The van der Waals surface area contributed by atoms with Gasteiger partial charge in [-0.3, -0.25) is 4.79 Å². The van der Waals surface area contributed by atoms with Gasteiger partial charge in [0.05, 0.1) is 3.79 Å². The monoisotopic (exact) mass is 325 g/mol. The van der Waals surface area contributed by atoms with Crippen LogP contribution >= 0.6 is 27.3 Å². The number of amides is 1. The summed E-state index contributed by atoms with van der Waals surface area (Å²) < 4.78 is 28.0. The molecule has 0 bridgehead atoms. The summed E-state index contributed by atoms with van der Waals surface area (Å²) in [6, 6.07) is 2.94. The molecule has 0 radical (unpaired) electrons. The summed E-state index contributed by atoms with van der Waals surface area (Å²) in [5.41, 5.74) is 1.95. The van der Waals surface area contributed by atoms with E-state index in [2.05, 4.69) is 26.8 Å². The Labute approximate surface area is 105 Å². The average Bonchev–Trinajstić information content (AvgIpc) is 2.61. The first-order valence-electron chi connectivity index (χ1n) is 3.97. The Morgan fingerprint density at radius 2 is 2.19 bits per heavy atom. The lowest BCUT2D eigenvalue weighted by Crippen LogP contribution is -2.27. The van der Waals surface area contributed by atoms with Crippen LogP contribution in [0.2, 0.25) is 0 Å². The SMILES string of the molecule is C=C(C)C(=O)NOS(=O)(=O)c1ccc(Br)s1. The summed E-state index contributed by atoms with van der Waals surface area (Å²) in [5, 5.41) is 0. The van der Waals surface area contributed by atoms with Gasteiger partial charge in [0.25, 0.3) is 5.91 Å². The Balaban J connectivity index is 2.74. The predicted molar refractivity (Wildman–Crippen MR) is 63.2 cm³/mol. The van der Waals surface area contributed by atoms with Crippen LogP contribution in [0.1, 0.15) is 6.92 Å². The highest BCUT2D eigenvalue weighted by atomic mass is 79.9. The molecule has 1 amide bonds. The van der Waals surface area contributed by atoms with Crippen molar-refractivity contribution in [3.05, 3.63) is 28.1 Å². The van der Waals surface area contributed by atoms with Gasteiger partial charge in [0.15, 0.2) is 0 Å². The van der Waals surface area contributed by atoms with E-state index in [0.717, 1.165) is 11.3 Å². The molecule has 0 aliphatic rings. The van der Waals surface area contributed by atoms with Crippen molar-refractivity contribution >= 4 is 43.3 Å². The molecule has 16 heavy (non-hydrogen) atoms. The van der Waals surface area contributed by atoms with Crippen molar-refractivity contribution < 1.29 is 17.5 Å². The largest absolute Gasteiger partial charge is 0.327 e. The highest BCUT2D eigenvalue weighted by molar-refractivity contribution is 9.11. The highest BCUT2D eigenvalue weighted by Crippen LogP contribution is 2.26. The van der Waals surface area contributed by atoms with E-state index in [1.165, 1.54) is 13.0 Å². The number of rotatable bonds is 4. The topological polar surface area (TPSA) is 72.5 Å². The third-order valence-corrected chi connectivity index (χ3v) is 4.64. The van der Waals surface area contributed by atoms with Gasteiger partial charge >= 0.3 is 10.1 Å². The Bertz CT molecular complexity index is 520. The van der Waals surface area contributed by atoms with Crippen LogP contribution in [0.25, 0.3) is 0 Å². The molecule has 0 aliphatic carbocycles. The van der Waals surface area contributed by atoms with E-state index in [0.29, 0.717) is 3.79 Å². The van der Waals surface area contributed by atoms with Crippen molar-refractivity contribution in [2.75, 3.05) is 0 Å². The van der Waals surface area contributed by atoms with Crippen LogP contribution in [0.15, 0.2) is 32.3 Å². The third kappa shape index (κ3) is 3.41. The Kier molecular flexibility index (Phi) is 4.25. The minimum absolute atomic E-state index is 0.00129. The number of carbonyl (C=O) groups excluding carboxylic acids is 1. The van der Waals surface area contributed by atoms with Crippen LogP contribution in [-0.2, 0) is 19.2 Å². The summed E-state index contributed by atoms with van der Waals surface area (Å²) in [4.78, 5) is 11.0. The molecule has 0 atom stereocenters. The van der Waals surface area contributed by atoms with Crippen LogP contribution in [-0.4, -0.2) is 14.3 Å². The highest BCUT2D eigenvalue weighted by Gasteiger charge is 2.19. The van der Waals surface area contributed by atoms with E-state index >= 15 is 0 Å². The van der Waals surface area contributed by atoms with Gasteiger partial charge in [0.2, 0.25) is 0 Å². The summed E-state index contributed by atoms with van der Waals surface area (Å²) in [7, 11) is -3.95. The second kappa shape index (κ2) is 5.09. The molecule has 1 rings (SSSR count). The van der Waals surface area contributed by atoms with Crippen LogP contribution in [0, 0.1) is 0 Å². The summed E-state index contributed by atoms with van der Waals surface area (Å²) >= 11 is 4.11. The maximum absolute atomic E-state index is 11.5. The van der Waals surface area contributed by atoms with Crippen LogP contribution in [0.5, 0.6) is 0 Å². The van der Waals surface area contributed by atoms with Crippen LogP contribution in [0.4, 0.5) is 0 Å². The lowest BCUT2D eigenvalue weighted by molar-refractivity contribution is -0.123. The van der Waals surface area contributed by atoms with Gasteiger partial charge in [0.1, 0.15) is 4.21 Å². The molecule has 8 heteroatoms. The van der Waals surface area contributed by atoms with Gasteiger partial charge in [-0.2, -0.15) is 8.42 Å². The van der Waals surface area contributed by atoms with Gasteiger partial charge in [-0.1, -0.05) is 6.58 Å². The van der Waals surface area contributed by atoms with Crippen molar-refractivity contribution in [1.29, 1.82) is 0 Å². The molecule has 5 nitrogen and oxygen atoms in total. The fraction of sp³-hybridized carbons (Fsp3) is 0.125. The molecule has 0 fully saturated rings. The molecular formula is C8H8BrNO4S2. The van der Waals surface area contributed by atoms with E-state index in [1.807, 2.05) is 0 Å². The molecule has 0 unspecified atom stereocenters. The second-order valence-electron chi connectivity index (χ2n) is 2.81. The smallest absolute Gasteiger partial charge is 0.267 e. The van der Waals surface area contributed by atoms with Gasteiger partial charge in [-0.25, -0.2) is 5.48 Å². The number of nitrogens with one attached hydrogen (secondary N) is 1. The standard InChI is InChI=1S/C8H8BrNO4S2/c1-5(2)8(11)10-14-16(12,13)7-4-3-6(9)15-7/h3-4H,1H2,2H3,(H,10,11). The molecule has 0 spiro atoms. The first-order valence-corrected chi connectivity index (χ1v) is 6.99. The zero-order valence-corrected chi connectivity index (χ0v) is 11.4. The van der Waals surface area contributed by atoms with Crippen molar-refractivity contribution in [2.24, 2.45) is 0 Å². The first kappa shape index (κ1) is 13.4. The maximum Gasteiger partial charge on any atom is 0.327 e. The zero-order valence-electron chi connectivity index (χ0n) is 8.19. The number of carbonyl (C=O) groups is 1.